The van der Waals surface area contributed by atoms with E-state index >= 15 is 0 Å². The van der Waals surface area contributed by atoms with Crippen LogP contribution in [0.1, 0.15) is 28.9 Å². The van der Waals surface area contributed by atoms with Gasteiger partial charge in [-0.1, -0.05) is 0 Å². The molecule has 0 aliphatic carbocycles. The van der Waals surface area contributed by atoms with E-state index in [-0.39, 0.29) is 23.4 Å². The first-order valence-corrected chi connectivity index (χ1v) is 8.54. The van der Waals surface area contributed by atoms with E-state index in [1.807, 2.05) is 0 Å². The van der Waals surface area contributed by atoms with Crippen molar-refractivity contribution in [1.82, 2.24) is 15.5 Å². The highest BCUT2D eigenvalue weighted by molar-refractivity contribution is 6.06. The van der Waals surface area contributed by atoms with Crippen LogP contribution in [-0.2, 0) is 10.9 Å². The van der Waals surface area contributed by atoms with Crippen LogP contribution < -0.4 is 10.6 Å². The van der Waals surface area contributed by atoms with Crippen LogP contribution in [0.25, 0.3) is 0 Å². The van der Waals surface area contributed by atoms with Crippen molar-refractivity contribution in [3.63, 3.8) is 0 Å². The molecule has 1 atom stereocenters. The van der Waals surface area contributed by atoms with E-state index in [9.17, 15) is 26.7 Å². The quantitative estimate of drug-likeness (QED) is 0.406. The first kappa shape index (κ1) is 20.7. The van der Waals surface area contributed by atoms with Gasteiger partial charge in [0.05, 0.1) is 12.6 Å². The SMILES string of the molecule is O=C(/N=C(\Nc1cc(C(F)(F)F)n[nH]1)NC1CCCOC1)c1ccc(F)c(F)c1. The lowest BCUT2D eigenvalue weighted by molar-refractivity contribution is -0.141. The van der Waals surface area contributed by atoms with Gasteiger partial charge in [0.1, 0.15) is 5.82 Å². The smallest absolute Gasteiger partial charge is 0.379 e. The van der Waals surface area contributed by atoms with Crippen molar-refractivity contribution in [2.24, 2.45) is 4.99 Å². The Morgan fingerprint density at radius 2 is 2.03 bits per heavy atom. The lowest BCUT2D eigenvalue weighted by atomic mass is 10.1. The van der Waals surface area contributed by atoms with Crippen molar-refractivity contribution in [3.05, 3.63) is 47.2 Å². The number of amides is 1. The number of aliphatic imine (C=N–C) groups is 1. The summed E-state index contributed by atoms with van der Waals surface area (Å²) in [6.07, 6.45) is -3.24. The second kappa shape index (κ2) is 8.55. The van der Waals surface area contributed by atoms with E-state index in [1.165, 1.54) is 0 Å². The van der Waals surface area contributed by atoms with Crippen molar-refractivity contribution in [2.45, 2.75) is 25.1 Å². The molecule has 1 aromatic carbocycles. The lowest BCUT2D eigenvalue weighted by Gasteiger charge is -2.24. The Hall–Kier alpha value is -3.02. The third kappa shape index (κ3) is 5.50. The molecule has 0 radical (unpaired) electrons. The summed E-state index contributed by atoms with van der Waals surface area (Å²) in [6, 6.07) is 2.95. The Labute approximate surface area is 161 Å². The minimum atomic E-state index is -4.65. The molecule has 12 heteroatoms. The van der Waals surface area contributed by atoms with E-state index in [0.717, 1.165) is 18.6 Å². The van der Waals surface area contributed by atoms with Gasteiger partial charge in [-0.25, -0.2) is 8.78 Å². The molecule has 1 aliphatic heterocycles. The number of H-pyrrole nitrogens is 1. The summed E-state index contributed by atoms with van der Waals surface area (Å²) in [5.74, 6) is -3.63. The summed E-state index contributed by atoms with van der Waals surface area (Å²) in [5, 5.41) is 10.7. The van der Waals surface area contributed by atoms with Gasteiger partial charge >= 0.3 is 6.18 Å². The van der Waals surface area contributed by atoms with E-state index in [0.29, 0.717) is 31.8 Å². The minimum absolute atomic E-state index is 0.168. The molecule has 3 rings (SSSR count). The van der Waals surface area contributed by atoms with Crippen molar-refractivity contribution in [1.29, 1.82) is 0 Å². The average molecular weight is 417 g/mol. The van der Waals surface area contributed by atoms with Gasteiger partial charge in [0.15, 0.2) is 17.3 Å². The maximum atomic E-state index is 13.4. The number of nitrogens with zero attached hydrogens (tertiary/aromatic N) is 2. The molecule has 1 amide bonds. The molecular formula is C17H16F5N5O2. The molecule has 0 bridgehead atoms. The van der Waals surface area contributed by atoms with Crippen molar-refractivity contribution in [2.75, 3.05) is 18.5 Å². The highest BCUT2D eigenvalue weighted by Gasteiger charge is 2.34. The number of aromatic nitrogens is 2. The fraction of sp³-hybridized carbons (Fsp3) is 0.353. The largest absolute Gasteiger partial charge is 0.435 e. The molecule has 1 fully saturated rings. The molecule has 156 valence electrons. The van der Waals surface area contributed by atoms with Crippen LogP contribution in [0.3, 0.4) is 0 Å². The van der Waals surface area contributed by atoms with Crippen LogP contribution >= 0.6 is 0 Å². The Balaban J connectivity index is 1.83. The number of hydrogen-bond donors (Lipinski definition) is 3. The summed E-state index contributed by atoms with van der Waals surface area (Å²) in [6.45, 7) is 0.873. The Morgan fingerprint density at radius 3 is 2.66 bits per heavy atom. The fourth-order valence-corrected chi connectivity index (χ4v) is 2.60. The molecule has 0 saturated carbocycles. The molecule has 0 spiro atoms. The summed E-state index contributed by atoms with van der Waals surface area (Å²) < 4.78 is 69.9. The monoisotopic (exact) mass is 417 g/mol. The predicted octanol–water partition coefficient (Wildman–Crippen LogP) is 3.08. The number of rotatable bonds is 3. The molecule has 1 unspecified atom stereocenters. The molecule has 2 aromatic rings. The second-order valence-corrected chi connectivity index (χ2v) is 6.24. The maximum absolute atomic E-state index is 13.4. The van der Waals surface area contributed by atoms with Crippen LogP contribution in [0, 0.1) is 11.6 Å². The number of ether oxygens (including phenoxy) is 1. The van der Waals surface area contributed by atoms with Gasteiger partial charge in [-0.05, 0) is 31.0 Å². The van der Waals surface area contributed by atoms with Crippen LogP contribution in [0.2, 0.25) is 0 Å². The summed E-state index contributed by atoms with van der Waals surface area (Å²) in [5.41, 5.74) is -1.39. The topological polar surface area (TPSA) is 91.4 Å². The Bertz CT molecular complexity index is 906. The summed E-state index contributed by atoms with van der Waals surface area (Å²) in [7, 11) is 0. The van der Waals surface area contributed by atoms with Gasteiger partial charge in [-0.2, -0.15) is 23.3 Å². The molecule has 29 heavy (non-hydrogen) atoms. The summed E-state index contributed by atoms with van der Waals surface area (Å²) >= 11 is 0. The molecular weight excluding hydrogens is 401 g/mol. The maximum Gasteiger partial charge on any atom is 0.435 e. The van der Waals surface area contributed by atoms with Crippen LogP contribution in [-0.4, -0.2) is 41.3 Å². The van der Waals surface area contributed by atoms with Crippen molar-refractivity contribution in [3.8, 4) is 0 Å². The summed E-state index contributed by atoms with van der Waals surface area (Å²) in [4.78, 5) is 16.1. The lowest BCUT2D eigenvalue weighted by Crippen LogP contribution is -2.44. The van der Waals surface area contributed by atoms with Crippen molar-refractivity contribution < 1.29 is 31.5 Å². The number of guanidine groups is 1. The molecule has 1 aromatic heterocycles. The Morgan fingerprint density at radius 1 is 1.24 bits per heavy atom. The molecule has 1 saturated heterocycles. The zero-order valence-electron chi connectivity index (χ0n) is 14.8. The van der Waals surface area contributed by atoms with E-state index in [4.69, 9.17) is 4.74 Å². The normalized spacial score (nSPS) is 17.8. The number of hydrogen-bond acceptors (Lipinski definition) is 3. The fourth-order valence-electron chi connectivity index (χ4n) is 2.60. The number of carbonyl (C=O) groups excluding carboxylic acids is 1. The number of aromatic amines is 1. The van der Waals surface area contributed by atoms with Gasteiger partial charge in [0.2, 0.25) is 5.96 Å². The first-order chi connectivity index (χ1) is 13.7. The van der Waals surface area contributed by atoms with Gasteiger partial charge < -0.3 is 15.4 Å². The second-order valence-electron chi connectivity index (χ2n) is 6.24. The molecule has 3 N–H and O–H groups in total. The number of carbonyl (C=O) groups is 1. The third-order valence-corrected chi connectivity index (χ3v) is 4.00. The number of anilines is 1. The minimum Gasteiger partial charge on any atom is -0.379 e. The van der Waals surface area contributed by atoms with Crippen LogP contribution in [0.15, 0.2) is 29.3 Å². The molecule has 1 aliphatic rings. The van der Waals surface area contributed by atoms with E-state index in [1.54, 1.807) is 0 Å². The number of benzene rings is 1. The zero-order chi connectivity index (χ0) is 21.0. The van der Waals surface area contributed by atoms with Gasteiger partial charge in [-0.15, -0.1) is 0 Å². The van der Waals surface area contributed by atoms with Gasteiger partial charge in [0.25, 0.3) is 5.91 Å². The molecule has 7 nitrogen and oxygen atoms in total. The average Bonchev–Trinajstić information content (AvgIpc) is 3.13. The number of alkyl halides is 3. The van der Waals surface area contributed by atoms with E-state index < -0.39 is 29.4 Å². The predicted molar refractivity (Wildman–Crippen MR) is 92.3 cm³/mol. The highest BCUT2D eigenvalue weighted by Crippen LogP contribution is 2.28. The number of halogens is 5. The standard InChI is InChI=1S/C17H16F5N5O2/c18-11-4-3-9(6-12(11)19)15(28)25-16(23-10-2-1-5-29-8-10)24-14-7-13(26-27-14)17(20,21)22/h3-4,6-7,10H,1-2,5,8H2,(H3,23,24,25,26,27,28). The zero-order valence-corrected chi connectivity index (χ0v) is 14.8. The van der Waals surface area contributed by atoms with Crippen LogP contribution in [0.5, 0.6) is 0 Å². The van der Waals surface area contributed by atoms with Gasteiger partial charge in [0, 0.05) is 18.2 Å². The molecule has 2 heterocycles. The van der Waals surface area contributed by atoms with Crippen molar-refractivity contribution >= 4 is 17.7 Å². The third-order valence-electron chi connectivity index (χ3n) is 4.00. The van der Waals surface area contributed by atoms with E-state index in [2.05, 4.69) is 25.8 Å². The van der Waals surface area contributed by atoms with Crippen LogP contribution in [0.4, 0.5) is 27.8 Å². The van der Waals surface area contributed by atoms with Gasteiger partial charge in [-0.3, -0.25) is 9.89 Å². The number of nitrogens with one attached hydrogen (secondary N) is 3. The highest BCUT2D eigenvalue weighted by atomic mass is 19.4. The first-order valence-electron chi connectivity index (χ1n) is 8.54. The Kier molecular flexibility index (Phi) is 6.11.